The van der Waals surface area contributed by atoms with Gasteiger partial charge < -0.3 is 25.2 Å². The van der Waals surface area contributed by atoms with Crippen LogP contribution in [-0.4, -0.2) is 66.1 Å². The molecule has 158 valence electrons. The van der Waals surface area contributed by atoms with Crippen molar-refractivity contribution in [3.8, 4) is 0 Å². The molecule has 2 saturated heterocycles. The molecule has 1 aromatic heterocycles. The van der Waals surface area contributed by atoms with Crippen LogP contribution in [0.5, 0.6) is 0 Å². The van der Waals surface area contributed by atoms with Gasteiger partial charge in [-0.3, -0.25) is 9.59 Å². The minimum absolute atomic E-state index is 0.0257. The van der Waals surface area contributed by atoms with E-state index < -0.39 is 5.60 Å². The molecular formula is C20H29N5O4. The number of piperazine rings is 1. The van der Waals surface area contributed by atoms with Crippen molar-refractivity contribution in [3.05, 3.63) is 18.3 Å². The number of piperidine rings is 1. The minimum Gasteiger partial charge on any atom is -0.444 e. The largest absolute Gasteiger partial charge is 0.444 e. The third-order valence-corrected chi connectivity index (χ3v) is 4.82. The van der Waals surface area contributed by atoms with Crippen LogP contribution in [-0.2, 0) is 14.3 Å². The van der Waals surface area contributed by atoms with Gasteiger partial charge in [0, 0.05) is 26.2 Å². The third-order valence-electron chi connectivity index (χ3n) is 4.82. The topological polar surface area (TPSA) is 104 Å². The van der Waals surface area contributed by atoms with Crippen molar-refractivity contribution in [1.29, 1.82) is 0 Å². The fourth-order valence-electron chi connectivity index (χ4n) is 3.41. The summed E-state index contributed by atoms with van der Waals surface area (Å²) in [5, 5.41) is 5.66. The summed E-state index contributed by atoms with van der Waals surface area (Å²) in [5.74, 6) is 0.251. The monoisotopic (exact) mass is 403 g/mol. The van der Waals surface area contributed by atoms with Gasteiger partial charge in [-0.05, 0) is 45.7 Å². The number of nitrogens with one attached hydrogen (secondary N) is 2. The average molecular weight is 403 g/mol. The summed E-state index contributed by atoms with van der Waals surface area (Å²) < 4.78 is 5.41. The van der Waals surface area contributed by atoms with Crippen LogP contribution in [0.2, 0.25) is 0 Å². The SMILES string of the molecule is CC(C)(C)OC(=O)N1CCC[C@H](C(=O)Nc2ccc(N3CCNC(=O)C3)nc2)C1. The van der Waals surface area contributed by atoms with E-state index in [9.17, 15) is 14.4 Å². The Labute approximate surface area is 170 Å². The second-order valence-electron chi connectivity index (χ2n) is 8.43. The number of amides is 3. The van der Waals surface area contributed by atoms with Crippen molar-refractivity contribution < 1.29 is 19.1 Å². The van der Waals surface area contributed by atoms with Crippen LogP contribution < -0.4 is 15.5 Å². The maximum Gasteiger partial charge on any atom is 0.410 e. The van der Waals surface area contributed by atoms with E-state index in [0.717, 1.165) is 12.8 Å². The summed E-state index contributed by atoms with van der Waals surface area (Å²) in [6.07, 6.45) is 2.69. The average Bonchev–Trinajstić information content (AvgIpc) is 2.67. The molecule has 1 atom stereocenters. The molecular weight excluding hydrogens is 374 g/mol. The van der Waals surface area contributed by atoms with Crippen molar-refractivity contribution in [1.82, 2.24) is 15.2 Å². The molecule has 3 amide bonds. The van der Waals surface area contributed by atoms with E-state index in [4.69, 9.17) is 4.74 Å². The van der Waals surface area contributed by atoms with E-state index in [0.29, 0.717) is 37.7 Å². The van der Waals surface area contributed by atoms with Gasteiger partial charge in [0.2, 0.25) is 11.8 Å². The fourth-order valence-corrected chi connectivity index (χ4v) is 3.41. The molecule has 2 aliphatic heterocycles. The molecule has 9 nitrogen and oxygen atoms in total. The first-order valence-electron chi connectivity index (χ1n) is 9.98. The molecule has 0 spiro atoms. The number of pyridine rings is 1. The van der Waals surface area contributed by atoms with Crippen molar-refractivity contribution in [2.45, 2.75) is 39.2 Å². The molecule has 1 aromatic rings. The maximum absolute atomic E-state index is 12.7. The first kappa shape index (κ1) is 20.9. The molecule has 2 aliphatic rings. The molecule has 3 heterocycles. The fraction of sp³-hybridized carbons (Fsp3) is 0.600. The predicted molar refractivity (Wildman–Crippen MR) is 109 cm³/mol. The standard InChI is InChI=1S/C20H29N5O4/c1-20(2,3)29-19(28)25-9-4-5-14(12-25)18(27)23-15-6-7-16(22-11-15)24-10-8-21-17(26)13-24/h6-7,11,14H,4-5,8-10,12-13H2,1-3H3,(H,21,26)(H,23,27)/t14-/m0/s1. The lowest BCUT2D eigenvalue weighted by Gasteiger charge is -2.33. The molecule has 0 unspecified atom stereocenters. The zero-order valence-electron chi connectivity index (χ0n) is 17.2. The van der Waals surface area contributed by atoms with Gasteiger partial charge in [0.15, 0.2) is 0 Å². The smallest absolute Gasteiger partial charge is 0.410 e. The number of hydrogen-bond acceptors (Lipinski definition) is 6. The first-order chi connectivity index (χ1) is 13.7. The highest BCUT2D eigenvalue weighted by atomic mass is 16.6. The minimum atomic E-state index is -0.561. The van der Waals surface area contributed by atoms with Gasteiger partial charge in [0.1, 0.15) is 11.4 Å². The normalized spacial score (nSPS) is 20.1. The zero-order chi connectivity index (χ0) is 21.0. The summed E-state index contributed by atoms with van der Waals surface area (Å²) in [7, 11) is 0. The van der Waals surface area contributed by atoms with Gasteiger partial charge in [-0.1, -0.05) is 0 Å². The van der Waals surface area contributed by atoms with Crippen LogP contribution in [0.4, 0.5) is 16.3 Å². The number of nitrogens with zero attached hydrogens (tertiary/aromatic N) is 3. The van der Waals surface area contributed by atoms with Crippen LogP contribution in [0.1, 0.15) is 33.6 Å². The van der Waals surface area contributed by atoms with E-state index in [1.807, 2.05) is 25.7 Å². The second kappa shape index (κ2) is 8.67. The maximum atomic E-state index is 12.7. The molecule has 0 radical (unpaired) electrons. The van der Waals surface area contributed by atoms with Crippen LogP contribution in [0.15, 0.2) is 18.3 Å². The molecule has 29 heavy (non-hydrogen) atoms. The molecule has 2 N–H and O–H groups in total. The van der Waals surface area contributed by atoms with Gasteiger partial charge in [-0.2, -0.15) is 0 Å². The summed E-state index contributed by atoms with van der Waals surface area (Å²) in [6, 6.07) is 3.57. The van der Waals surface area contributed by atoms with Gasteiger partial charge >= 0.3 is 6.09 Å². The Balaban J connectivity index is 1.55. The van der Waals surface area contributed by atoms with Crippen LogP contribution in [0.3, 0.4) is 0 Å². The number of likely N-dealkylation sites (tertiary alicyclic amines) is 1. The lowest BCUT2D eigenvalue weighted by Crippen LogP contribution is -2.48. The second-order valence-corrected chi connectivity index (χ2v) is 8.43. The molecule has 0 bridgehead atoms. The van der Waals surface area contributed by atoms with Gasteiger partial charge in [-0.25, -0.2) is 9.78 Å². The molecule has 0 aliphatic carbocycles. The number of rotatable bonds is 3. The van der Waals surface area contributed by atoms with E-state index in [1.165, 1.54) is 0 Å². The van der Waals surface area contributed by atoms with Crippen LogP contribution in [0, 0.1) is 5.92 Å². The summed E-state index contributed by atoms with van der Waals surface area (Å²) in [4.78, 5) is 44.3. The lowest BCUT2D eigenvalue weighted by molar-refractivity contribution is -0.121. The van der Waals surface area contributed by atoms with Crippen LogP contribution in [0.25, 0.3) is 0 Å². The first-order valence-corrected chi connectivity index (χ1v) is 9.98. The predicted octanol–water partition coefficient (Wildman–Crippen LogP) is 1.60. The molecule has 3 rings (SSSR count). The Bertz CT molecular complexity index is 759. The number of carbonyl (C=O) groups excluding carboxylic acids is 3. The van der Waals surface area contributed by atoms with Gasteiger partial charge in [-0.15, -0.1) is 0 Å². The highest BCUT2D eigenvalue weighted by Gasteiger charge is 2.31. The van der Waals surface area contributed by atoms with Gasteiger partial charge in [0.05, 0.1) is 24.3 Å². The molecule has 2 fully saturated rings. The van der Waals surface area contributed by atoms with Crippen molar-refractivity contribution in [3.63, 3.8) is 0 Å². The summed E-state index contributed by atoms with van der Waals surface area (Å²) >= 11 is 0. The van der Waals surface area contributed by atoms with Crippen molar-refractivity contribution >= 4 is 29.4 Å². The highest BCUT2D eigenvalue weighted by molar-refractivity contribution is 5.93. The van der Waals surface area contributed by atoms with Crippen molar-refractivity contribution in [2.24, 2.45) is 5.92 Å². The number of ether oxygens (including phenoxy) is 1. The number of hydrogen-bond donors (Lipinski definition) is 2. The lowest BCUT2D eigenvalue weighted by atomic mass is 9.97. The van der Waals surface area contributed by atoms with E-state index in [2.05, 4.69) is 15.6 Å². The zero-order valence-corrected chi connectivity index (χ0v) is 17.2. The molecule has 9 heteroatoms. The molecule has 0 aromatic carbocycles. The van der Waals surface area contributed by atoms with E-state index >= 15 is 0 Å². The summed E-state index contributed by atoms with van der Waals surface area (Å²) in [6.45, 7) is 7.99. The number of aromatic nitrogens is 1. The Morgan fingerprint density at radius 3 is 2.72 bits per heavy atom. The Morgan fingerprint density at radius 2 is 2.07 bits per heavy atom. The van der Waals surface area contributed by atoms with E-state index in [1.54, 1.807) is 23.2 Å². The quantitative estimate of drug-likeness (QED) is 0.795. The van der Waals surface area contributed by atoms with Crippen LogP contribution >= 0.6 is 0 Å². The Kier molecular flexibility index (Phi) is 6.24. The Morgan fingerprint density at radius 1 is 1.28 bits per heavy atom. The summed E-state index contributed by atoms with van der Waals surface area (Å²) in [5.41, 5.74) is 0.0314. The molecule has 0 saturated carbocycles. The number of anilines is 2. The Hall–Kier alpha value is -2.84. The van der Waals surface area contributed by atoms with Crippen molar-refractivity contribution in [2.75, 3.05) is 42.9 Å². The van der Waals surface area contributed by atoms with E-state index in [-0.39, 0.29) is 30.4 Å². The number of carbonyl (C=O) groups is 3. The third kappa shape index (κ3) is 5.82. The highest BCUT2D eigenvalue weighted by Crippen LogP contribution is 2.22. The van der Waals surface area contributed by atoms with Gasteiger partial charge in [0.25, 0.3) is 0 Å².